The van der Waals surface area contributed by atoms with Crippen LogP contribution in [0.5, 0.6) is 0 Å². The third-order valence-corrected chi connectivity index (χ3v) is 3.79. The van der Waals surface area contributed by atoms with Crippen molar-refractivity contribution in [2.24, 2.45) is 0 Å². The zero-order chi connectivity index (χ0) is 14.5. The summed E-state index contributed by atoms with van der Waals surface area (Å²) in [6.45, 7) is 7.77. The summed E-state index contributed by atoms with van der Waals surface area (Å²) in [5.74, 6) is 0. The molecule has 0 atom stereocenters. The molecule has 1 aliphatic rings. The van der Waals surface area contributed by atoms with E-state index in [9.17, 15) is 0 Å². The molecule has 4 nitrogen and oxygen atoms in total. The molecule has 0 amide bonds. The quantitative estimate of drug-likeness (QED) is 0.604. The SMILES string of the molecule is C=CCOCc1cncc2c1CCN(Cc1ccoc1)C2. The van der Waals surface area contributed by atoms with Gasteiger partial charge in [0.2, 0.25) is 0 Å². The number of hydrogen-bond acceptors (Lipinski definition) is 4. The summed E-state index contributed by atoms with van der Waals surface area (Å²) in [5.41, 5.74) is 5.14. The maximum Gasteiger partial charge on any atom is 0.0947 e. The van der Waals surface area contributed by atoms with E-state index in [-0.39, 0.29) is 0 Å². The molecule has 0 fully saturated rings. The molecule has 0 unspecified atom stereocenters. The molecule has 0 bridgehead atoms. The van der Waals surface area contributed by atoms with Crippen LogP contribution in [0, 0.1) is 0 Å². The molecule has 0 aromatic carbocycles. The minimum atomic E-state index is 0.580. The fourth-order valence-electron chi connectivity index (χ4n) is 2.78. The maximum atomic E-state index is 5.56. The van der Waals surface area contributed by atoms with Gasteiger partial charge in [-0.1, -0.05) is 6.08 Å². The lowest BCUT2D eigenvalue weighted by Gasteiger charge is -2.29. The van der Waals surface area contributed by atoms with Crippen LogP contribution in [0.25, 0.3) is 0 Å². The Kier molecular flexibility index (Phi) is 4.48. The second-order valence-electron chi connectivity index (χ2n) is 5.33. The van der Waals surface area contributed by atoms with Gasteiger partial charge >= 0.3 is 0 Å². The highest BCUT2D eigenvalue weighted by Gasteiger charge is 2.19. The third-order valence-electron chi connectivity index (χ3n) is 3.79. The first-order valence-corrected chi connectivity index (χ1v) is 7.23. The van der Waals surface area contributed by atoms with Gasteiger partial charge < -0.3 is 9.15 Å². The highest BCUT2D eigenvalue weighted by molar-refractivity contribution is 5.33. The molecule has 0 saturated heterocycles. The smallest absolute Gasteiger partial charge is 0.0947 e. The van der Waals surface area contributed by atoms with Crippen LogP contribution in [0.1, 0.15) is 22.3 Å². The van der Waals surface area contributed by atoms with Gasteiger partial charge in [-0.2, -0.15) is 0 Å². The van der Waals surface area contributed by atoms with Crippen molar-refractivity contribution >= 4 is 0 Å². The molecular weight excluding hydrogens is 264 g/mol. The van der Waals surface area contributed by atoms with Crippen molar-refractivity contribution in [3.05, 3.63) is 65.9 Å². The maximum absolute atomic E-state index is 5.56. The molecule has 21 heavy (non-hydrogen) atoms. The molecule has 0 saturated carbocycles. The first-order chi connectivity index (χ1) is 10.4. The Morgan fingerprint density at radius 2 is 2.38 bits per heavy atom. The summed E-state index contributed by atoms with van der Waals surface area (Å²) in [7, 11) is 0. The first-order valence-electron chi connectivity index (χ1n) is 7.23. The van der Waals surface area contributed by atoms with E-state index < -0.39 is 0 Å². The lowest BCUT2D eigenvalue weighted by Crippen LogP contribution is -2.30. The van der Waals surface area contributed by atoms with E-state index in [4.69, 9.17) is 9.15 Å². The van der Waals surface area contributed by atoms with Crippen LogP contribution in [0.2, 0.25) is 0 Å². The molecule has 0 N–H and O–H groups in total. The average Bonchev–Trinajstić information content (AvgIpc) is 3.00. The van der Waals surface area contributed by atoms with E-state index in [2.05, 4.69) is 16.5 Å². The summed E-state index contributed by atoms with van der Waals surface area (Å²) < 4.78 is 10.7. The molecule has 0 spiro atoms. The Bertz CT molecular complexity index is 593. The summed E-state index contributed by atoms with van der Waals surface area (Å²) in [6, 6.07) is 2.02. The fraction of sp³-hybridized carbons (Fsp3) is 0.353. The van der Waals surface area contributed by atoms with Crippen molar-refractivity contribution in [2.45, 2.75) is 26.1 Å². The van der Waals surface area contributed by atoms with Crippen molar-refractivity contribution in [2.75, 3.05) is 13.2 Å². The van der Waals surface area contributed by atoms with Gasteiger partial charge in [0, 0.05) is 37.6 Å². The van der Waals surface area contributed by atoms with Gasteiger partial charge in [0.1, 0.15) is 0 Å². The molecular formula is C17H20N2O2. The van der Waals surface area contributed by atoms with E-state index in [0.29, 0.717) is 13.2 Å². The number of rotatable bonds is 6. The Labute approximate surface area is 125 Å². The van der Waals surface area contributed by atoms with Crippen LogP contribution < -0.4 is 0 Å². The normalized spacial score (nSPS) is 14.9. The molecule has 4 heteroatoms. The van der Waals surface area contributed by atoms with Crippen LogP contribution in [-0.2, 0) is 30.9 Å². The first kappa shape index (κ1) is 14.0. The number of pyridine rings is 1. The van der Waals surface area contributed by atoms with Crippen LogP contribution in [0.3, 0.4) is 0 Å². The van der Waals surface area contributed by atoms with Crippen LogP contribution in [0.15, 0.2) is 48.1 Å². The van der Waals surface area contributed by atoms with Gasteiger partial charge in [0.15, 0.2) is 0 Å². The number of aromatic nitrogens is 1. The Balaban J connectivity index is 1.68. The third kappa shape index (κ3) is 3.40. The van der Waals surface area contributed by atoms with E-state index in [0.717, 1.165) is 26.1 Å². The highest BCUT2D eigenvalue weighted by Crippen LogP contribution is 2.23. The van der Waals surface area contributed by atoms with Gasteiger partial charge in [0.05, 0.1) is 25.7 Å². The minimum absolute atomic E-state index is 0.580. The zero-order valence-electron chi connectivity index (χ0n) is 12.1. The van der Waals surface area contributed by atoms with Crippen LogP contribution in [-0.4, -0.2) is 23.0 Å². The zero-order valence-corrected chi connectivity index (χ0v) is 12.1. The molecule has 2 aromatic heterocycles. The number of nitrogens with zero attached hydrogens (tertiary/aromatic N) is 2. The van der Waals surface area contributed by atoms with E-state index >= 15 is 0 Å². The molecule has 110 valence electrons. The van der Waals surface area contributed by atoms with E-state index in [1.165, 1.54) is 22.3 Å². The number of ether oxygens (including phenoxy) is 1. The average molecular weight is 284 g/mol. The summed E-state index contributed by atoms with van der Waals surface area (Å²) >= 11 is 0. The lowest BCUT2D eigenvalue weighted by atomic mass is 9.97. The van der Waals surface area contributed by atoms with E-state index in [1.807, 2.05) is 24.7 Å². The van der Waals surface area contributed by atoms with Gasteiger partial charge in [0.25, 0.3) is 0 Å². The topological polar surface area (TPSA) is 38.5 Å². The summed E-state index contributed by atoms with van der Waals surface area (Å²) in [6.07, 6.45) is 10.3. The Hall–Kier alpha value is -1.91. The minimum Gasteiger partial charge on any atom is -0.472 e. The van der Waals surface area contributed by atoms with Crippen molar-refractivity contribution in [3.8, 4) is 0 Å². The van der Waals surface area contributed by atoms with Crippen LogP contribution in [0.4, 0.5) is 0 Å². The monoisotopic (exact) mass is 284 g/mol. The number of furan rings is 1. The Morgan fingerprint density at radius 1 is 1.43 bits per heavy atom. The molecule has 2 aromatic rings. The largest absolute Gasteiger partial charge is 0.472 e. The molecule has 1 aliphatic heterocycles. The summed E-state index contributed by atoms with van der Waals surface area (Å²) in [5, 5.41) is 0. The fourth-order valence-corrected chi connectivity index (χ4v) is 2.78. The molecule has 3 rings (SSSR count). The number of fused-ring (bicyclic) bond motifs is 1. The second kappa shape index (κ2) is 6.70. The van der Waals surface area contributed by atoms with Gasteiger partial charge in [-0.15, -0.1) is 6.58 Å². The molecule has 3 heterocycles. The predicted octanol–water partition coefficient (Wildman–Crippen LogP) is 2.94. The van der Waals surface area contributed by atoms with Crippen molar-refractivity contribution in [3.63, 3.8) is 0 Å². The predicted molar refractivity (Wildman–Crippen MR) is 80.6 cm³/mol. The standard InChI is InChI=1S/C17H20N2O2/c1-2-6-20-13-16-9-18-8-15-11-19(5-3-17(15)16)10-14-4-7-21-12-14/h2,4,7-9,12H,1,3,5-6,10-11,13H2. The van der Waals surface area contributed by atoms with Crippen molar-refractivity contribution in [1.29, 1.82) is 0 Å². The molecule has 0 radical (unpaired) electrons. The van der Waals surface area contributed by atoms with Crippen molar-refractivity contribution < 1.29 is 9.15 Å². The lowest BCUT2D eigenvalue weighted by molar-refractivity contribution is 0.147. The van der Waals surface area contributed by atoms with E-state index in [1.54, 1.807) is 12.3 Å². The Morgan fingerprint density at radius 3 is 3.19 bits per heavy atom. The highest BCUT2D eigenvalue weighted by atomic mass is 16.5. The van der Waals surface area contributed by atoms with Gasteiger partial charge in [-0.05, 0) is 29.2 Å². The van der Waals surface area contributed by atoms with Crippen molar-refractivity contribution in [1.82, 2.24) is 9.88 Å². The van der Waals surface area contributed by atoms with Gasteiger partial charge in [-0.3, -0.25) is 9.88 Å². The summed E-state index contributed by atoms with van der Waals surface area (Å²) in [4.78, 5) is 6.78. The van der Waals surface area contributed by atoms with Crippen LogP contribution >= 0.6 is 0 Å². The molecule has 0 aliphatic carbocycles. The second-order valence-corrected chi connectivity index (χ2v) is 5.33. The van der Waals surface area contributed by atoms with Gasteiger partial charge in [-0.25, -0.2) is 0 Å². The number of hydrogen-bond donors (Lipinski definition) is 0.